The monoisotopic (exact) mass is 342 g/mol. The molecule has 0 bridgehead atoms. The van der Waals surface area contributed by atoms with E-state index in [9.17, 15) is 0 Å². The third kappa shape index (κ3) is 3.50. The minimum absolute atomic E-state index is 0.0562. The van der Waals surface area contributed by atoms with Gasteiger partial charge in [-0.3, -0.25) is 0 Å². The topological polar surface area (TPSA) is 0 Å². The molecular formula is C15H13BrCl2. The van der Waals surface area contributed by atoms with Gasteiger partial charge in [0.2, 0.25) is 0 Å². The Bertz CT molecular complexity index is 535. The Kier molecular flexibility index (Phi) is 4.71. The summed E-state index contributed by atoms with van der Waals surface area (Å²) in [7, 11) is 0. The van der Waals surface area contributed by atoms with Gasteiger partial charge in [-0.1, -0.05) is 63.4 Å². The van der Waals surface area contributed by atoms with Crippen LogP contribution in [0, 0.1) is 6.92 Å². The molecule has 18 heavy (non-hydrogen) atoms. The van der Waals surface area contributed by atoms with Gasteiger partial charge in [0, 0.05) is 9.50 Å². The number of hydrogen-bond donors (Lipinski definition) is 0. The molecule has 0 amide bonds. The van der Waals surface area contributed by atoms with Crippen LogP contribution < -0.4 is 0 Å². The molecule has 3 heteroatoms. The third-order valence-electron chi connectivity index (χ3n) is 2.84. The number of alkyl halides is 1. The van der Waals surface area contributed by atoms with Crippen LogP contribution in [0.1, 0.15) is 22.1 Å². The molecule has 0 spiro atoms. The van der Waals surface area contributed by atoms with Crippen LogP contribution in [0.15, 0.2) is 46.9 Å². The van der Waals surface area contributed by atoms with E-state index < -0.39 is 0 Å². The third-order valence-corrected chi connectivity index (χ3v) is 4.15. The predicted molar refractivity (Wildman–Crippen MR) is 82.6 cm³/mol. The van der Waals surface area contributed by atoms with Gasteiger partial charge in [0.15, 0.2) is 0 Å². The molecule has 0 nitrogen and oxygen atoms in total. The summed E-state index contributed by atoms with van der Waals surface area (Å²) >= 11 is 15.9. The number of halogens is 3. The highest BCUT2D eigenvalue weighted by molar-refractivity contribution is 9.10. The minimum atomic E-state index is -0.0562. The Morgan fingerprint density at radius 3 is 2.39 bits per heavy atom. The number of rotatable bonds is 3. The van der Waals surface area contributed by atoms with Crippen LogP contribution in [0.5, 0.6) is 0 Å². The van der Waals surface area contributed by atoms with Gasteiger partial charge in [0.05, 0.1) is 5.38 Å². The lowest BCUT2D eigenvalue weighted by Gasteiger charge is -2.12. The van der Waals surface area contributed by atoms with E-state index in [1.54, 1.807) is 0 Å². The summed E-state index contributed by atoms with van der Waals surface area (Å²) in [6.45, 7) is 2.08. The van der Waals surface area contributed by atoms with Gasteiger partial charge in [-0.15, -0.1) is 11.6 Å². The minimum Gasteiger partial charge on any atom is -0.117 e. The maximum absolute atomic E-state index is 6.47. The largest absolute Gasteiger partial charge is 0.117 e. The van der Waals surface area contributed by atoms with Gasteiger partial charge in [0.1, 0.15) is 0 Å². The Hall–Kier alpha value is -0.500. The summed E-state index contributed by atoms with van der Waals surface area (Å²) < 4.78 is 0.960. The lowest BCUT2D eigenvalue weighted by atomic mass is 10.0. The molecule has 0 saturated carbocycles. The lowest BCUT2D eigenvalue weighted by molar-refractivity contribution is 0.914. The molecule has 0 saturated heterocycles. The molecule has 0 aliphatic heterocycles. The number of benzene rings is 2. The highest BCUT2D eigenvalue weighted by Crippen LogP contribution is 2.32. The molecular weight excluding hydrogens is 331 g/mol. The molecule has 94 valence electrons. The molecule has 0 radical (unpaired) electrons. The highest BCUT2D eigenvalue weighted by Gasteiger charge is 2.12. The molecule has 2 aromatic carbocycles. The second-order valence-electron chi connectivity index (χ2n) is 4.32. The van der Waals surface area contributed by atoms with Crippen LogP contribution >= 0.6 is 39.1 Å². The van der Waals surface area contributed by atoms with Crippen molar-refractivity contribution in [3.8, 4) is 0 Å². The maximum atomic E-state index is 6.47. The van der Waals surface area contributed by atoms with Gasteiger partial charge in [-0.2, -0.15) is 0 Å². The average molecular weight is 344 g/mol. The molecule has 0 aromatic heterocycles. The number of aryl methyl sites for hydroxylation is 1. The van der Waals surface area contributed by atoms with Gasteiger partial charge in [-0.25, -0.2) is 0 Å². The smallest absolute Gasteiger partial charge is 0.0636 e. The highest BCUT2D eigenvalue weighted by atomic mass is 79.9. The van der Waals surface area contributed by atoms with E-state index in [1.807, 2.05) is 18.2 Å². The summed E-state index contributed by atoms with van der Waals surface area (Å²) in [5, 5.41) is 0.657. The second-order valence-corrected chi connectivity index (χ2v) is 6.14. The Morgan fingerprint density at radius 1 is 1.11 bits per heavy atom. The fourth-order valence-electron chi connectivity index (χ4n) is 1.80. The quantitative estimate of drug-likeness (QED) is 0.605. The van der Waals surface area contributed by atoms with Crippen molar-refractivity contribution in [2.75, 3.05) is 0 Å². The first kappa shape index (κ1) is 13.9. The van der Waals surface area contributed by atoms with Crippen LogP contribution in [-0.4, -0.2) is 0 Å². The average Bonchev–Trinajstić information content (AvgIpc) is 2.32. The fourth-order valence-corrected chi connectivity index (χ4v) is 3.26. The summed E-state index contributed by atoms with van der Waals surface area (Å²) in [6.07, 6.45) is 0.808. The van der Waals surface area contributed by atoms with Gasteiger partial charge in [-0.05, 0) is 36.6 Å². The molecule has 0 aliphatic rings. The Balaban J connectivity index is 2.16. The van der Waals surface area contributed by atoms with Crippen molar-refractivity contribution in [3.63, 3.8) is 0 Å². The molecule has 1 unspecified atom stereocenters. The van der Waals surface area contributed by atoms with E-state index >= 15 is 0 Å². The fraction of sp³-hybridized carbons (Fsp3) is 0.200. The molecule has 2 rings (SSSR count). The first-order valence-electron chi connectivity index (χ1n) is 5.71. The van der Waals surface area contributed by atoms with Crippen molar-refractivity contribution in [1.29, 1.82) is 0 Å². The molecule has 0 aliphatic carbocycles. The molecule has 2 aromatic rings. The zero-order chi connectivity index (χ0) is 13.1. The normalized spacial score (nSPS) is 12.4. The van der Waals surface area contributed by atoms with Crippen molar-refractivity contribution in [2.24, 2.45) is 0 Å². The zero-order valence-electron chi connectivity index (χ0n) is 9.96. The van der Waals surface area contributed by atoms with Gasteiger partial charge >= 0.3 is 0 Å². The van der Waals surface area contributed by atoms with E-state index in [-0.39, 0.29) is 5.38 Å². The molecule has 0 N–H and O–H groups in total. The number of hydrogen-bond acceptors (Lipinski definition) is 0. The first-order chi connectivity index (χ1) is 8.56. The van der Waals surface area contributed by atoms with Crippen LogP contribution in [0.25, 0.3) is 0 Å². The predicted octanol–water partition coefficient (Wildman–Crippen LogP) is 5.93. The van der Waals surface area contributed by atoms with Crippen LogP contribution in [-0.2, 0) is 6.42 Å². The second kappa shape index (κ2) is 6.10. The summed E-state index contributed by atoms with van der Waals surface area (Å²) in [5.74, 6) is 0. The molecule has 1 atom stereocenters. The van der Waals surface area contributed by atoms with E-state index in [2.05, 4.69) is 47.1 Å². The van der Waals surface area contributed by atoms with E-state index in [4.69, 9.17) is 23.2 Å². The van der Waals surface area contributed by atoms with Crippen molar-refractivity contribution in [1.82, 2.24) is 0 Å². The summed E-state index contributed by atoms with van der Waals surface area (Å²) in [5.41, 5.74) is 3.57. The Labute approximate surface area is 126 Å². The maximum Gasteiger partial charge on any atom is 0.0636 e. The van der Waals surface area contributed by atoms with Crippen molar-refractivity contribution in [3.05, 3.63) is 68.7 Å². The zero-order valence-corrected chi connectivity index (χ0v) is 13.1. The molecule has 0 fully saturated rings. The van der Waals surface area contributed by atoms with Crippen molar-refractivity contribution in [2.45, 2.75) is 18.7 Å². The lowest BCUT2D eigenvalue weighted by Crippen LogP contribution is -1.97. The van der Waals surface area contributed by atoms with E-state index in [0.29, 0.717) is 5.02 Å². The Morgan fingerprint density at radius 2 is 1.78 bits per heavy atom. The summed E-state index contributed by atoms with van der Waals surface area (Å²) in [4.78, 5) is 0. The molecule has 0 heterocycles. The van der Waals surface area contributed by atoms with Crippen LogP contribution in [0.2, 0.25) is 5.02 Å². The standard InChI is InChI=1S/C15H13BrCl2/c1-10-2-4-11(5-3-10)8-15(18)13-7-6-12(17)9-14(13)16/h2-7,9,15H,8H2,1H3. The summed E-state index contributed by atoms with van der Waals surface area (Å²) in [6, 6.07) is 14.2. The van der Waals surface area contributed by atoms with Gasteiger partial charge in [0.25, 0.3) is 0 Å². The van der Waals surface area contributed by atoms with Crippen LogP contribution in [0.4, 0.5) is 0 Å². The van der Waals surface area contributed by atoms with Crippen LogP contribution in [0.3, 0.4) is 0 Å². The van der Waals surface area contributed by atoms with Gasteiger partial charge < -0.3 is 0 Å². The van der Waals surface area contributed by atoms with Crippen molar-refractivity contribution >= 4 is 39.1 Å². The first-order valence-corrected chi connectivity index (χ1v) is 7.31. The van der Waals surface area contributed by atoms with E-state index in [1.165, 1.54) is 11.1 Å². The SMILES string of the molecule is Cc1ccc(CC(Cl)c2ccc(Cl)cc2Br)cc1. The van der Waals surface area contributed by atoms with E-state index in [0.717, 1.165) is 16.5 Å². The van der Waals surface area contributed by atoms with Crippen molar-refractivity contribution < 1.29 is 0 Å².